The molecule has 5 nitrogen and oxygen atoms in total. The van der Waals surface area contributed by atoms with Gasteiger partial charge < -0.3 is 10.1 Å². The van der Waals surface area contributed by atoms with Gasteiger partial charge in [-0.05, 0) is 72.6 Å². The summed E-state index contributed by atoms with van der Waals surface area (Å²) in [5.41, 5.74) is 10.6. The van der Waals surface area contributed by atoms with E-state index in [2.05, 4.69) is 16.2 Å². The van der Waals surface area contributed by atoms with E-state index in [4.69, 9.17) is 17.0 Å². The number of hydrazine groups is 1. The minimum Gasteiger partial charge on any atom is -0.484 e. The second-order valence-corrected chi connectivity index (χ2v) is 7.01. The van der Waals surface area contributed by atoms with Gasteiger partial charge in [0.2, 0.25) is 0 Å². The molecule has 0 heterocycles. The lowest BCUT2D eigenvalue weighted by Crippen LogP contribution is -2.45. The number of thiocarbonyl (C=S) groups is 1. The predicted molar refractivity (Wildman–Crippen MR) is 121 cm³/mol. The van der Waals surface area contributed by atoms with Gasteiger partial charge in [-0.15, -0.1) is 0 Å². The van der Waals surface area contributed by atoms with Crippen LogP contribution >= 0.6 is 12.2 Å². The van der Waals surface area contributed by atoms with Crippen molar-refractivity contribution in [1.82, 2.24) is 10.9 Å². The van der Waals surface area contributed by atoms with Crippen LogP contribution in [0.25, 0.3) is 11.1 Å². The SMILES string of the molecule is Cc1ccc(NC(=S)NNC(=O)COc2ccc(-c3ccccc3)cc2)cc1C. The standard InChI is InChI=1S/C23H23N3O2S/c1-16-8-11-20(14-17(16)2)24-23(29)26-25-22(27)15-28-21-12-9-19(10-13-21)18-6-4-3-5-7-18/h3-14H,15H2,1-2H3,(H,25,27)(H2,24,26,29). The molecule has 0 fully saturated rings. The van der Waals surface area contributed by atoms with Crippen molar-refractivity contribution in [1.29, 1.82) is 0 Å². The van der Waals surface area contributed by atoms with Crippen LogP contribution in [0.4, 0.5) is 5.69 Å². The van der Waals surface area contributed by atoms with E-state index >= 15 is 0 Å². The Morgan fingerprint density at radius 2 is 1.55 bits per heavy atom. The summed E-state index contributed by atoms with van der Waals surface area (Å²) in [7, 11) is 0. The van der Waals surface area contributed by atoms with Crippen molar-refractivity contribution in [3.8, 4) is 16.9 Å². The Labute approximate surface area is 176 Å². The van der Waals surface area contributed by atoms with Gasteiger partial charge in [0.05, 0.1) is 0 Å². The zero-order chi connectivity index (χ0) is 20.6. The highest BCUT2D eigenvalue weighted by Gasteiger charge is 2.05. The fourth-order valence-electron chi connectivity index (χ4n) is 2.67. The molecule has 3 aromatic carbocycles. The lowest BCUT2D eigenvalue weighted by Gasteiger charge is -2.13. The summed E-state index contributed by atoms with van der Waals surface area (Å²) < 4.78 is 5.52. The lowest BCUT2D eigenvalue weighted by molar-refractivity contribution is -0.123. The monoisotopic (exact) mass is 405 g/mol. The van der Waals surface area contributed by atoms with Crippen molar-refractivity contribution in [2.45, 2.75) is 13.8 Å². The van der Waals surface area contributed by atoms with Crippen LogP contribution in [0.2, 0.25) is 0 Å². The first-order valence-electron chi connectivity index (χ1n) is 9.22. The minimum absolute atomic E-state index is 0.121. The van der Waals surface area contributed by atoms with Crippen molar-refractivity contribution >= 4 is 28.9 Å². The van der Waals surface area contributed by atoms with Crippen molar-refractivity contribution < 1.29 is 9.53 Å². The number of nitrogens with one attached hydrogen (secondary N) is 3. The van der Waals surface area contributed by atoms with E-state index < -0.39 is 0 Å². The second-order valence-electron chi connectivity index (χ2n) is 6.61. The molecule has 0 unspecified atom stereocenters. The molecule has 148 valence electrons. The summed E-state index contributed by atoms with van der Waals surface area (Å²) in [5, 5.41) is 3.33. The average molecular weight is 406 g/mol. The maximum Gasteiger partial charge on any atom is 0.276 e. The summed E-state index contributed by atoms with van der Waals surface area (Å²) in [4.78, 5) is 12.0. The highest BCUT2D eigenvalue weighted by molar-refractivity contribution is 7.80. The van der Waals surface area contributed by atoms with E-state index in [1.54, 1.807) is 0 Å². The predicted octanol–water partition coefficient (Wildman–Crippen LogP) is 4.37. The number of benzene rings is 3. The Balaban J connectivity index is 1.42. The molecule has 0 aromatic heterocycles. The molecule has 29 heavy (non-hydrogen) atoms. The first-order valence-corrected chi connectivity index (χ1v) is 9.63. The van der Waals surface area contributed by atoms with Gasteiger partial charge >= 0.3 is 0 Å². The molecule has 0 aliphatic heterocycles. The third-order valence-corrected chi connectivity index (χ3v) is 4.62. The van der Waals surface area contributed by atoms with Gasteiger partial charge in [-0.1, -0.05) is 48.5 Å². The summed E-state index contributed by atoms with van der Waals surface area (Å²) in [6.45, 7) is 3.96. The number of amides is 1. The third-order valence-electron chi connectivity index (χ3n) is 4.41. The molecule has 3 N–H and O–H groups in total. The normalized spacial score (nSPS) is 10.1. The minimum atomic E-state index is -0.332. The van der Waals surface area contributed by atoms with Gasteiger partial charge in [0.1, 0.15) is 5.75 Å². The molecule has 0 bridgehead atoms. The first-order chi connectivity index (χ1) is 14.0. The Hall–Kier alpha value is -3.38. The van der Waals surface area contributed by atoms with Gasteiger partial charge in [0, 0.05) is 5.69 Å². The molecule has 0 saturated heterocycles. The van der Waals surface area contributed by atoms with Crippen LogP contribution < -0.4 is 20.9 Å². The fourth-order valence-corrected chi connectivity index (χ4v) is 2.84. The quantitative estimate of drug-likeness (QED) is 0.435. The molecule has 0 spiro atoms. The van der Waals surface area contributed by atoms with Crippen LogP contribution in [0.3, 0.4) is 0 Å². The van der Waals surface area contributed by atoms with Crippen molar-refractivity contribution in [2.75, 3.05) is 11.9 Å². The topological polar surface area (TPSA) is 62.4 Å². The van der Waals surface area contributed by atoms with Crippen molar-refractivity contribution in [3.05, 3.63) is 83.9 Å². The highest BCUT2D eigenvalue weighted by atomic mass is 32.1. The number of ether oxygens (including phenoxy) is 1. The van der Waals surface area contributed by atoms with Gasteiger partial charge in [-0.25, -0.2) is 0 Å². The molecule has 0 aliphatic rings. The van der Waals surface area contributed by atoms with Crippen LogP contribution in [0.15, 0.2) is 72.8 Å². The summed E-state index contributed by atoms with van der Waals surface area (Å²) in [5.74, 6) is 0.289. The molecule has 6 heteroatoms. The smallest absolute Gasteiger partial charge is 0.276 e. The number of rotatable bonds is 5. The fraction of sp³-hybridized carbons (Fsp3) is 0.130. The summed E-state index contributed by atoms with van der Waals surface area (Å²) >= 11 is 5.19. The number of hydrogen-bond acceptors (Lipinski definition) is 3. The van der Waals surface area contributed by atoms with E-state index in [9.17, 15) is 4.79 Å². The Bertz CT molecular complexity index is 989. The van der Waals surface area contributed by atoms with E-state index in [-0.39, 0.29) is 12.5 Å². The van der Waals surface area contributed by atoms with E-state index in [1.165, 1.54) is 5.56 Å². The van der Waals surface area contributed by atoms with Gasteiger partial charge in [0.25, 0.3) is 5.91 Å². The summed E-state index contributed by atoms with van der Waals surface area (Å²) in [6, 6.07) is 23.6. The summed E-state index contributed by atoms with van der Waals surface area (Å²) in [6.07, 6.45) is 0. The lowest BCUT2D eigenvalue weighted by atomic mass is 10.1. The Morgan fingerprint density at radius 3 is 2.24 bits per heavy atom. The molecule has 0 atom stereocenters. The van der Waals surface area contributed by atoms with E-state index in [0.29, 0.717) is 10.9 Å². The van der Waals surface area contributed by atoms with Crippen LogP contribution in [-0.4, -0.2) is 17.6 Å². The van der Waals surface area contributed by atoms with Crippen molar-refractivity contribution in [3.63, 3.8) is 0 Å². The highest BCUT2D eigenvalue weighted by Crippen LogP contribution is 2.22. The molecular weight excluding hydrogens is 382 g/mol. The Morgan fingerprint density at radius 1 is 0.862 bits per heavy atom. The van der Waals surface area contributed by atoms with Gasteiger partial charge in [-0.3, -0.25) is 15.6 Å². The number of carbonyl (C=O) groups is 1. The third kappa shape index (κ3) is 6.05. The van der Waals surface area contributed by atoms with Crippen LogP contribution in [0.1, 0.15) is 11.1 Å². The zero-order valence-electron chi connectivity index (χ0n) is 16.4. The second kappa shape index (κ2) is 9.71. The largest absolute Gasteiger partial charge is 0.484 e. The number of aryl methyl sites for hydroxylation is 2. The van der Waals surface area contributed by atoms with Gasteiger partial charge in [0.15, 0.2) is 11.7 Å². The first kappa shape index (κ1) is 20.4. The van der Waals surface area contributed by atoms with E-state index in [1.807, 2.05) is 86.6 Å². The average Bonchev–Trinajstić information content (AvgIpc) is 2.74. The molecular formula is C23H23N3O2S. The van der Waals surface area contributed by atoms with Crippen LogP contribution in [0.5, 0.6) is 5.75 Å². The maximum absolute atomic E-state index is 12.0. The molecule has 3 aromatic rings. The number of hydrogen-bond donors (Lipinski definition) is 3. The molecule has 0 radical (unpaired) electrons. The van der Waals surface area contributed by atoms with Gasteiger partial charge in [-0.2, -0.15) is 0 Å². The molecule has 0 aliphatic carbocycles. The molecule has 1 amide bonds. The molecule has 3 rings (SSSR count). The number of carbonyl (C=O) groups excluding carboxylic acids is 1. The van der Waals surface area contributed by atoms with Crippen LogP contribution in [0, 0.1) is 13.8 Å². The van der Waals surface area contributed by atoms with Crippen molar-refractivity contribution in [2.24, 2.45) is 0 Å². The number of anilines is 1. The Kier molecular flexibility index (Phi) is 6.81. The van der Waals surface area contributed by atoms with Crippen LogP contribution in [-0.2, 0) is 4.79 Å². The molecule has 0 saturated carbocycles. The zero-order valence-corrected chi connectivity index (χ0v) is 17.2. The van der Waals surface area contributed by atoms with E-state index in [0.717, 1.165) is 22.4 Å². The maximum atomic E-state index is 12.0.